The summed E-state index contributed by atoms with van der Waals surface area (Å²) in [6.07, 6.45) is 7.54. The fourth-order valence-corrected chi connectivity index (χ4v) is 4.22. The maximum Gasteiger partial charge on any atom is 0.250 e. The number of amides is 2. The van der Waals surface area contributed by atoms with Gasteiger partial charge in [-0.2, -0.15) is 0 Å². The number of likely N-dealkylation sites (tertiary alicyclic amines) is 1. The van der Waals surface area contributed by atoms with Crippen LogP contribution in [0.1, 0.15) is 53.2 Å². The lowest BCUT2D eigenvalue weighted by molar-refractivity contribution is -0.132. The highest BCUT2D eigenvalue weighted by molar-refractivity contribution is 5.97. The molecule has 0 radical (unpaired) electrons. The Morgan fingerprint density at radius 2 is 1.93 bits per heavy atom. The van der Waals surface area contributed by atoms with Gasteiger partial charge in [0, 0.05) is 43.2 Å². The van der Waals surface area contributed by atoms with Crippen molar-refractivity contribution in [2.75, 3.05) is 13.1 Å². The van der Waals surface area contributed by atoms with Gasteiger partial charge in [0.1, 0.15) is 0 Å². The zero-order chi connectivity index (χ0) is 20.9. The normalized spacial score (nSPS) is 16.5. The standard InChI is InChI=1S/C24H26N4O2/c25-24(30)20-15-18-6-1-2-8-21(18)27-23(20)19-7-4-14-28(16-19)22(29)9-3-5-17-10-12-26-13-11-17/h1-2,6,8,10-13,15,19H,3-5,7,9,14,16H2,(H2,25,30)/t19-/m0/s1. The smallest absolute Gasteiger partial charge is 0.250 e. The fourth-order valence-electron chi connectivity index (χ4n) is 4.22. The van der Waals surface area contributed by atoms with E-state index in [9.17, 15) is 9.59 Å². The van der Waals surface area contributed by atoms with Crippen LogP contribution in [0.2, 0.25) is 0 Å². The van der Waals surface area contributed by atoms with Crippen molar-refractivity contribution in [3.8, 4) is 0 Å². The van der Waals surface area contributed by atoms with E-state index in [0.717, 1.165) is 48.8 Å². The first-order chi connectivity index (χ1) is 14.6. The van der Waals surface area contributed by atoms with E-state index in [1.807, 2.05) is 47.4 Å². The second-order valence-electron chi connectivity index (χ2n) is 7.87. The average molecular weight is 402 g/mol. The van der Waals surface area contributed by atoms with Crippen LogP contribution in [0, 0.1) is 0 Å². The Balaban J connectivity index is 1.46. The molecule has 1 atom stereocenters. The van der Waals surface area contributed by atoms with Gasteiger partial charge in [-0.15, -0.1) is 0 Å². The van der Waals surface area contributed by atoms with Gasteiger partial charge in [-0.1, -0.05) is 18.2 Å². The highest BCUT2D eigenvalue weighted by Crippen LogP contribution is 2.30. The number of carbonyl (C=O) groups is 2. The van der Waals surface area contributed by atoms with Gasteiger partial charge in [0.2, 0.25) is 5.91 Å². The van der Waals surface area contributed by atoms with Crippen LogP contribution in [-0.4, -0.2) is 39.8 Å². The number of fused-ring (bicyclic) bond motifs is 1. The largest absolute Gasteiger partial charge is 0.366 e. The van der Waals surface area contributed by atoms with E-state index < -0.39 is 5.91 Å². The molecule has 1 aliphatic heterocycles. The molecule has 1 saturated heterocycles. The van der Waals surface area contributed by atoms with Crippen molar-refractivity contribution >= 4 is 22.7 Å². The van der Waals surface area contributed by atoms with Gasteiger partial charge in [0.15, 0.2) is 0 Å². The number of pyridine rings is 2. The Labute approximate surface area is 176 Å². The quantitative estimate of drug-likeness (QED) is 0.684. The van der Waals surface area contributed by atoms with E-state index in [1.165, 1.54) is 5.56 Å². The molecule has 0 bridgehead atoms. The summed E-state index contributed by atoms with van der Waals surface area (Å²) >= 11 is 0. The maximum absolute atomic E-state index is 12.8. The molecule has 0 saturated carbocycles. The second kappa shape index (κ2) is 9.03. The number of hydrogen-bond acceptors (Lipinski definition) is 4. The van der Waals surface area contributed by atoms with E-state index in [4.69, 9.17) is 10.7 Å². The van der Waals surface area contributed by atoms with Gasteiger partial charge in [-0.25, -0.2) is 0 Å². The maximum atomic E-state index is 12.8. The lowest BCUT2D eigenvalue weighted by Gasteiger charge is -2.33. The van der Waals surface area contributed by atoms with E-state index in [1.54, 1.807) is 12.4 Å². The zero-order valence-electron chi connectivity index (χ0n) is 17.0. The number of aromatic nitrogens is 2. The van der Waals surface area contributed by atoms with Gasteiger partial charge < -0.3 is 10.6 Å². The fraction of sp³-hybridized carbons (Fsp3) is 0.333. The number of aryl methyl sites for hydroxylation is 1. The molecule has 4 rings (SSSR count). The molecule has 30 heavy (non-hydrogen) atoms. The first kappa shape index (κ1) is 20.0. The van der Waals surface area contributed by atoms with E-state index in [-0.39, 0.29) is 11.8 Å². The summed E-state index contributed by atoms with van der Waals surface area (Å²) in [7, 11) is 0. The van der Waals surface area contributed by atoms with Crippen molar-refractivity contribution in [3.05, 3.63) is 71.7 Å². The van der Waals surface area contributed by atoms with Crippen molar-refractivity contribution in [1.82, 2.24) is 14.9 Å². The second-order valence-corrected chi connectivity index (χ2v) is 7.87. The minimum Gasteiger partial charge on any atom is -0.366 e. The van der Waals surface area contributed by atoms with Crippen molar-refractivity contribution < 1.29 is 9.59 Å². The molecule has 3 heterocycles. The molecule has 0 unspecified atom stereocenters. The molecule has 0 aliphatic carbocycles. The van der Waals surface area contributed by atoms with Crippen LogP contribution in [0.15, 0.2) is 54.9 Å². The first-order valence-electron chi connectivity index (χ1n) is 10.5. The zero-order valence-corrected chi connectivity index (χ0v) is 17.0. The van der Waals surface area contributed by atoms with E-state index >= 15 is 0 Å². The Morgan fingerprint density at radius 1 is 1.13 bits per heavy atom. The summed E-state index contributed by atoms with van der Waals surface area (Å²) in [5.74, 6) is -0.283. The number of para-hydroxylation sites is 1. The highest BCUT2D eigenvalue weighted by Gasteiger charge is 2.28. The number of carbonyl (C=O) groups excluding carboxylic acids is 2. The number of piperidine rings is 1. The summed E-state index contributed by atoms with van der Waals surface area (Å²) in [5.41, 5.74) is 8.89. The summed E-state index contributed by atoms with van der Waals surface area (Å²) < 4.78 is 0. The number of nitrogens with two attached hydrogens (primary N) is 1. The van der Waals surface area contributed by atoms with Gasteiger partial charge in [0.25, 0.3) is 5.91 Å². The Bertz CT molecular complexity index is 1050. The van der Waals surface area contributed by atoms with Crippen LogP contribution in [0.4, 0.5) is 0 Å². The van der Waals surface area contributed by atoms with Crippen LogP contribution < -0.4 is 5.73 Å². The minimum absolute atomic E-state index is 0.0232. The molecule has 2 aromatic heterocycles. The highest BCUT2D eigenvalue weighted by atomic mass is 16.2. The third kappa shape index (κ3) is 4.48. The lowest BCUT2D eigenvalue weighted by Crippen LogP contribution is -2.39. The molecule has 1 aliphatic rings. The molecular weight excluding hydrogens is 376 g/mol. The molecular formula is C24H26N4O2. The molecule has 1 fully saturated rings. The van der Waals surface area contributed by atoms with Crippen molar-refractivity contribution in [3.63, 3.8) is 0 Å². The molecule has 6 heteroatoms. The Hall–Kier alpha value is -3.28. The molecule has 2 N–H and O–H groups in total. The number of benzene rings is 1. The lowest BCUT2D eigenvalue weighted by atomic mass is 9.90. The monoisotopic (exact) mass is 402 g/mol. The minimum atomic E-state index is -0.468. The third-order valence-corrected chi connectivity index (χ3v) is 5.79. The average Bonchev–Trinajstić information content (AvgIpc) is 2.79. The van der Waals surface area contributed by atoms with Gasteiger partial charge in [0.05, 0.1) is 16.8 Å². The molecule has 0 spiro atoms. The predicted molar refractivity (Wildman–Crippen MR) is 116 cm³/mol. The molecule has 154 valence electrons. The van der Waals surface area contributed by atoms with Crippen LogP contribution in [0.5, 0.6) is 0 Å². The molecule has 2 amide bonds. The van der Waals surface area contributed by atoms with Crippen LogP contribution >= 0.6 is 0 Å². The predicted octanol–water partition coefficient (Wildman–Crippen LogP) is 3.46. The third-order valence-electron chi connectivity index (χ3n) is 5.79. The Morgan fingerprint density at radius 3 is 2.73 bits per heavy atom. The van der Waals surface area contributed by atoms with Gasteiger partial charge in [-0.3, -0.25) is 19.6 Å². The van der Waals surface area contributed by atoms with Crippen LogP contribution in [-0.2, 0) is 11.2 Å². The number of hydrogen-bond donors (Lipinski definition) is 1. The van der Waals surface area contributed by atoms with E-state index in [2.05, 4.69) is 4.98 Å². The van der Waals surface area contributed by atoms with Crippen LogP contribution in [0.25, 0.3) is 10.9 Å². The SMILES string of the molecule is NC(=O)c1cc2ccccc2nc1[C@H]1CCCN(C(=O)CCCc2ccncc2)C1. The molecule has 1 aromatic carbocycles. The number of primary amides is 1. The topological polar surface area (TPSA) is 89.2 Å². The van der Waals surface area contributed by atoms with Gasteiger partial charge >= 0.3 is 0 Å². The summed E-state index contributed by atoms with van der Waals surface area (Å²) in [4.78, 5) is 35.6. The number of nitrogens with zero attached hydrogens (tertiary/aromatic N) is 3. The summed E-state index contributed by atoms with van der Waals surface area (Å²) in [6.45, 7) is 1.34. The Kier molecular flexibility index (Phi) is 6.02. The van der Waals surface area contributed by atoms with Crippen LogP contribution in [0.3, 0.4) is 0 Å². The summed E-state index contributed by atoms with van der Waals surface area (Å²) in [6, 6.07) is 13.5. The van der Waals surface area contributed by atoms with Crippen molar-refractivity contribution in [2.24, 2.45) is 5.73 Å². The van der Waals surface area contributed by atoms with Crippen molar-refractivity contribution in [2.45, 2.75) is 38.0 Å². The molecule has 3 aromatic rings. The van der Waals surface area contributed by atoms with Gasteiger partial charge in [-0.05, 0) is 55.5 Å². The first-order valence-corrected chi connectivity index (χ1v) is 10.5. The number of rotatable bonds is 6. The van der Waals surface area contributed by atoms with Crippen molar-refractivity contribution in [1.29, 1.82) is 0 Å². The molecule has 6 nitrogen and oxygen atoms in total. The van der Waals surface area contributed by atoms with E-state index in [0.29, 0.717) is 18.5 Å². The summed E-state index contributed by atoms with van der Waals surface area (Å²) in [5, 5.41) is 0.898.